The summed E-state index contributed by atoms with van der Waals surface area (Å²) in [7, 11) is 0. The number of nitrogens with two attached hydrogens (primary N) is 1. The second-order valence-corrected chi connectivity index (χ2v) is 4.24. The highest BCUT2D eigenvalue weighted by Gasteiger charge is 2.17. The van der Waals surface area contributed by atoms with Gasteiger partial charge in [0.1, 0.15) is 0 Å². The number of anilines is 1. The summed E-state index contributed by atoms with van der Waals surface area (Å²) in [6.07, 6.45) is 2.27. The van der Waals surface area contributed by atoms with Crippen LogP contribution in [-0.2, 0) is 6.42 Å². The number of hydrogen-bond donors (Lipinski definition) is 2. The summed E-state index contributed by atoms with van der Waals surface area (Å²) in [6.45, 7) is 0.709. The van der Waals surface area contributed by atoms with Crippen molar-refractivity contribution < 1.29 is 0 Å². The zero-order chi connectivity index (χ0) is 9.26. The molecule has 0 saturated carbocycles. The lowest BCUT2D eigenvalue weighted by Gasteiger charge is -2.26. The van der Waals surface area contributed by atoms with E-state index in [1.807, 2.05) is 0 Å². The first kappa shape index (κ1) is 9.03. The molecule has 1 atom stereocenters. The Morgan fingerprint density at radius 2 is 2.38 bits per heavy atom. The van der Waals surface area contributed by atoms with Crippen LogP contribution in [0, 0.1) is 0 Å². The number of halogens is 1. The molecular formula is C10H13BrN2. The van der Waals surface area contributed by atoms with Gasteiger partial charge in [-0.2, -0.15) is 0 Å². The van der Waals surface area contributed by atoms with E-state index in [-0.39, 0.29) is 0 Å². The molecule has 0 bridgehead atoms. The zero-order valence-corrected chi connectivity index (χ0v) is 8.97. The molecule has 0 amide bonds. The van der Waals surface area contributed by atoms with Crippen LogP contribution in [0.25, 0.3) is 0 Å². The maximum atomic E-state index is 5.63. The molecule has 1 heterocycles. The Kier molecular flexibility index (Phi) is 2.56. The monoisotopic (exact) mass is 240 g/mol. The fourth-order valence-electron chi connectivity index (χ4n) is 1.72. The highest BCUT2D eigenvalue weighted by Crippen LogP contribution is 2.31. The minimum atomic E-state index is 0.436. The van der Waals surface area contributed by atoms with Gasteiger partial charge in [0.05, 0.1) is 5.69 Å². The fraction of sp³-hybridized carbons (Fsp3) is 0.400. The molecule has 1 aromatic carbocycles. The Hall–Kier alpha value is -0.540. The van der Waals surface area contributed by atoms with E-state index in [0.717, 1.165) is 17.3 Å². The third kappa shape index (κ3) is 1.71. The van der Waals surface area contributed by atoms with Crippen molar-refractivity contribution in [3.63, 3.8) is 0 Å². The van der Waals surface area contributed by atoms with Crippen LogP contribution in [0.15, 0.2) is 22.7 Å². The van der Waals surface area contributed by atoms with Crippen LogP contribution in [0.2, 0.25) is 0 Å². The first-order valence-electron chi connectivity index (χ1n) is 4.55. The first-order chi connectivity index (χ1) is 6.31. The van der Waals surface area contributed by atoms with E-state index < -0.39 is 0 Å². The van der Waals surface area contributed by atoms with Crippen molar-refractivity contribution in [3.8, 4) is 0 Å². The molecule has 1 aliphatic heterocycles. The van der Waals surface area contributed by atoms with Gasteiger partial charge >= 0.3 is 0 Å². The van der Waals surface area contributed by atoms with Gasteiger partial charge in [-0.25, -0.2) is 0 Å². The van der Waals surface area contributed by atoms with Gasteiger partial charge in [-0.05, 0) is 40.4 Å². The smallest absolute Gasteiger partial charge is 0.0519 e. The van der Waals surface area contributed by atoms with Crippen LogP contribution < -0.4 is 11.1 Å². The molecule has 0 radical (unpaired) electrons. The Bertz CT molecular complexity index is 312. The van der Waals surface area contributed by atoms with Gasteiger partial charge < -0.3 is 11.1 Å². The second kappa shape index (κ2) is 3.68. The summed E-state index contributed by atoms with van der Waals surface area (Å²) < 4.78 is 1.14. The lowest BCUT2D eigenvalue weighted by molar-refractivity contribution is 0.639. The standard InChI is InChI=1S/C10H13BrN2/c11-9-3-1-2-7-4-5-8(6-12)13-10(7)9/h1-3,8,13H,4-6,12H2. The van der Waals surface area contributed by atoms with Gasteiger partial charge in [0.25, 0.3) is 0 Å². The summed E-state index contributed by atoms with van der Waals surface area (Å²) in [5.74, 6) is 0. The number of benzene rings is 1. The fourth-order valence-corrected chi connectivity index (χ4v) is 2.24. The average molecular weight is 241 g/mol. The van der Waals surface area contributed by atoms with Gasteiger partial charge in [0.15, 0.2) is 0 Å². The van der Waals surface area contributed by atoms with Gasteiger partial charge in [-0.15, -0.1) is 0 Å². The molecular weight excluding hydrogens is 228 g/mol. The van der Waals surface area contributed by atoms with Crippen molar-refractivity contribution >= 4 is 21.6 Å². The Morgan fingerprint density at radius 3 is 3.15 bits per heavy atom. The summed E-state index contributed by atoms with van der Waals surface area (Å²) in [6, 6.07) is 6.74. The van der Waals surface area contributed by atoms with Crippen LogP contribution in [0.5, 0.6) is 0 Å². The second-order valence-electron chi connectivity index (χ2n) is 3.39. The Labute approximate surface area is 86.6 Å². The largest absolute Gasteiger partial charge is 0.380 e. The molecule has 1 aromatic rings. The molecule has 13 heavy (non-hydrogen) atoms. The normalized spacial score (nSPS) is 20.6. The van der Waals surface area contributed by atoms with Gasteiger partial charge in [-0.3, -0.25) is 0 Å². The maximum absolute atomic E-state index is 5.63. The molecule has 0 fully saturated rings. The quantitative estimate of drug-likeness (QED) is 0.790. The minimum Gasteiger partial charge on any atom is -0.380 e. The predicted molar refractivity (Wildman–Crippen MR) is 58.9 cm³/mol. The molecule has 3 heteroatoms. The predicted octanol–water partition coefficient (Wildman–Crippen LogP) is 2.13. The average Bonchev–Trinajstić information content (AvgIpc) is 2.18. The summed E-state index contributed by atoms with van der Waals surface area (Å²) in [5, 5.41) is 3.44. The molecule has 3 N–H and O–H groups in total. The van der Waals surface area contributed by atoms with Crippen LogP contribution in [-0.4, -0.2) is 12.6 Å². The highest BCUT2D eigenvalue weighted by atomic mass is 79.9. The molecule has 2 rings (SSSR count). The molecule has 1 aliphatic rings. The Balaban J connectivity index is 2.32. The number of para-hydroxylation sites is 1. The number of rotatable bonds is 1. The number of hydrogen-bond acceptors (Lipinski definition) is 2. The first-order valence-corrected chi connectivity index (χ1v) is 5.34. The SMILES string of the molecule is NCC1CCc2cccc(Br)c2N1. The summed E-state index contributed by atoms with van der Waals surface area (Å²) in [4.78, 5) is 0. The topological polar surface area (TPSA) is 38.0 Å². The van der Waals surface area contributed by atoms with Gasteiger partial charge in [0.2, 0.25) is 0 Å². The van der Waals surface area contributed by atoms with Crippen molar-refractivity contribution in [1.29, 1.82) is 0 Å². The third-order valence-corrected chi connectivity index (χ3v) is 3.16. The van der Waals surface area contributed by atoms with E-state index >= 15 is 0 Å². The van der Waals surface area contributed by atoms with E-state index in [4.69, 9.17) is 5.73 Å². The number of aryl methyl sites for hydroxylation is 1. The van der Waals surface area contributed by atoms with E-state index in [0.29, 0.717) is 12.6 Å². The highest BCUT2D eigenvalue weighted by molar-refractivity contribution is 9.10. The molecule has 0 spiro atoms. The summed E-state index contributed by atoms with van der Waals surface area (Å²) >= 11 is 3.54. The van der Waals surface area contributed by atoms with Gasteiger partial charge in [0, 0.05) is 17.1 Å². The van der Waals surface area contributed by atoms with Crippen molar-refractivity contribution in [3.05, 3.63) is 28.2 Å². The maximum Gasteiger partial charge on any atom is 0.0519 e. The molecule has 1 unspecified atom stereocenters. The van der Waals surface area contributed by atoms with Crippen molar-refractivity contribution in [1.82, 2.24) is 0 Å². The lowest BCUT2D eigenvalue weighted by Crippen LogP contribution is -2.32. The molecule has 0 aliphatic carbocycles. The lowest BCUT2D eigenvalue weighted by atomic mass is 9.98. The van der Waals surface area contributed by atoms with Crippen molar-refractivity contribution in [2.24, 2.45) is 5.73 Å². The molecule has 70 valence electrons. The zero-order valence-electron chi connectivity index (χ0n) is 7.39. The van der Waals surface area contributed by atoms with E-state index in [2.05, 4.69) is 39.4 Å². The summed E-state index contributed by atoms with van der Waals surface area (Å²) in [5.41, 5.74) is 8.25. The molecule has 0 saturated heterocycles. The molecule has 0 aromatic heterocycles. The van der Waals surface area contributed by atoms with Crippen molar-refractivity contribution in [2.45, 2.75) is 18.9 Å². The Morgan fingerprint density at radius 1 is 1.54 bits per heavy atom. The minimum absolute atomic E-state index is 0.436. The van der Waals surface area contributed by atoms with Crippen LogP contribution in [0.3, 0.4) is 0 Å². The number of nitrogens with one attached hydrogen (secondary N) is 1. The number of fused-ring (bicyclic) bond motifs is 1. The van der Waals surface area contributed by atoms with E-state index in [9.17, 15) is 0 Å². The van der Waals surface area contributed by atoms with Gasteiger partial charge in [-0.1, -0.05) is 12.1 Å². The third-order valence-electron chi connectivity index (χ3n) is 2.50. The van der Waals surface area contributed by atoms with Crippen LogP contribution >= 0.6 is 15.9 Å². The van der Waals surface area contributed by atoms with E-state index in [1.54, 1.807) is 0 Å². The van der Waals surface area contributed by atoms with Crippen LogP contribution in [0.4, 0.5) is 5.69 Å². The van der Waals surface area contributed by atoms with Crippen LogP contribution in [0.1, 0.15) is 12.0 Å². The van der Waals surface area contributed by atoms with E-state index in [1.165, 1.54) is 11.3 Å². The van der Waals surface area contributed by atoms with Crippen molar-refractivity contribution in [2.75, 3.05) is 11.9 Å². The molecule has 2 nitrogen and oxygen atoms in total.